The van der Waals surface area contributed by atoms with Crippen molar-refractivity contribution < 1.29 is 23.8 Å². The van der Waals surface area contributed by atoms with E-state index in [9.17, 15) is 9.59 Å². The van der Waals surface area contributed by atoms with Crippen LogP contribution in [0, 0.1) is 23.7 Å². The van der Waals surface area contributed by atoms with Gasteiger partial charge >= 0.3 is 11.9 Å². The summed E-state index contributed by atoms with van der Waals surface area (Å²) in [6.07, 6.45) is 3.80. The first-order valence-corrected chi connectivity index (χ1v) is 13.4. The van der Waals surface area contributed by atoms with Gasteiger partial charge in [0.25, 0.3) is 0 Å². The first-order valence-electron chi connectivity index (χ1n) is 13.4. The van der Waals surface area contributed by atoms with Crippen molar-refractivity contribution in [1.29, 1.82) is 0 Å². The Morgan fingerprint density at radius 1 is 0.605 bits per heavy atom. The molecule has 4 bridgehead atoms. The van der Waals surface area contributed by atoms with E-state index in [0.29, 0.717) is 23.0 Å². The molecule has 0 radical (unpaired) electrons. The van der Waals surface area contributed by atoms with Crippen LogP contribution < -0.4 is 0 Å². The maximum atomic E-state index is 13.6. The molecule has 3 fully saturated rings. The number of carbonyl (C=O) groups is 2. The molecule has 8 atom stereocenters. The minimum absolute atomic E-state index is 0.283. The van der Waals surface area contributed by atoms with Gasteiger partial charge in [0.2, 0.25) is 0 Å². The Morgan fingerprint density at radius 3 is 1.55 bits per heavy atom. The summed E-state index contributed by atoms with van der Waals surface area (Å²) in [4.78, 5) is 27.2. The van der Waals surface area contributed by atoms with E-state index in [1.807, 2.05) is 72.8 Å². The summed E-state index contributed by atoms with van der Waals surface area (Å²) in [5.41, 5.74) is 1.02. The van der Waals surface area contributed by atoms with Gasteiger partial charge in [-0.1, -0.05) is 84.9 Å². The monoisotopic (exact) mass is 502 g/mol. The van der Waals surface area contributed by atoms with Crippen LogP contribution in [-0.4, -0.2) is 36.4 Å². The third kappa shape index (κ3) is 3.15. The lowest BCUT2D eigenvalue weighted by Gasteiger charge is -2.37. The molecule has 2 heterocycles. The van der Waals surface area contributed by atoms with E-state index in [0.717, 1.165) is 28.0 Å². The Labute approximate surface area is 220 Å². The summed E-state index contributed by atoms with van der Waals surface area (Å²) in [6.45, 7) is 0. The summed E-state index contributed by atoms with van der Waals surface area (Å²) in [5.74, 6) is 0.594. The number of hydrogen-bond donors (Lipinski definition) is 0. The van der Waals surface area contributed by atoms with Crippen LogP contribution in [0.2, 0.25) is 0 Å². The highest BCUT2D eigenvalue weighted by molar-refractivity contribution is 6.05. The molecule has 5 heteroatoms. The third-order valence-corrected chi connectivity index (χ3v) is 9.13. The number of carbonyl (C=O) groups excluding carboxylic acids is 2. The molecule has 188 valence electrons. The van der Waals surface area contributed by atoms with E-state index in [-0.39, 0.29) is 24.0 Å². The van der Waals surface area contributed by atoms with Gasteiger partial charge in [-0.3, -0.25) is 0 Å². The molecule has 38 heavy (non-hydrogen) atoms. The molecule has 0 spiro atoms. The van der Waals surface area contributed by atoms with Crippen LogP contribution in [0.15, 0.2) is 97.1 Å². The number of ether oxygens (including phenoxy) is 3. The minimum Gasteiger partial charge on any atom is -0.452 e. The largest absolute Gasteiger partial charge is 0.452 e. The lowest BCUT2D eigenvalue weighted by molar-refractivity contribution is -0.0582. The second-order valence-corrected chi connectivity index (χ2v) is 11.0. The summed E-state index contributed by atoms with van der Waals surface area (Å²) in [6, 6.07) is 26.8. The fourth-order valence-electron chi connectivity index (χ4n) is 7.60. The first kappa shape index (κ1) is 22.1. The van der Waals surface area contributed by atoms with Gasteiger partial charge in [-0.05, 0) is 51.9 Å². The zero-order valence-corrected chi connectivity index (χ0v) is 20.6. The topological polar surface area (TPSA) is 61.8 Å². The Kier molecular flexibility index (Phi) is 4.80. The molecule has 8 unspecified atom stereocenters. The second-order valence-electron chi connectivity index (χ2n) is 11.0. The van der Waals surface area contributed by atoms with Crippen molar-refractivity contribution in [2.45, 2.75) is 30.8 Å². The van der Waals surface area contributed by atoms with Crippen LogP contribution in [0.25, 0.3) is 21.5 Å². The van der Waals surface area contributed by atoms with Crippen LogP contribution >= 0.6 is 0 Å². The van der Waals surface area contributed by atoms with E-state index in [1.54, 1.807) is 12.1 Å². The van der Waals surface area contributed by atoms with Gasteiger partial charge in [0.05, 0.1) is 11.1 Å². The van der Waals surface area contributed by atoms with Crippen molar-refractivity contribution in [2.75, 3.05) is 0 Å². The molecule has 4 aromatic carbocycles. The van der Waals surface area contributed by atoms with Gasteiger partial charge in [0, 0.05) is 11.8 Å². The predicted molar refractivity (Wildman–Crippen MR) is 143 cm³/mol. The molecular weight excluding hydrogens is 476 g/mol. The summed E-state index contributed by atoms with van der Waals surface area (Å²) in [5, 5.41) is 3.63. The fraction of sp³-hybridized carbons (Fsp3) is 0.273. The Bertz CT molecular complexity index is 1510. The molecule has 2 aliphatic carbocycles. The van der Waals surface area contributed by atoms with Crippen molar-refractivity contribution >= 4 is 33.5 Å². The molecular formula is C33H26O5. The van der Waals surface area contributed by atoms with Crippen molar-refractivity contribution in [1.82, 2.24) is 0 Å². The number of hydrogen-bond acceptors (Lipinski definition) is 5. The smallest absolute Gasteiger partial charge is 0.339 e. The number of benzene rings is 4. The Balaban J connectivity index is 1.14. The van der Waals surface area contributed by atoms with Crippen molar-refractivity contribution in [3.05, 3.63) is 108 Å². The van der Waals surface area contributed by atoms with Crippen LogP contribution in [0.5, 0.6) is 0 Å². The van der Waals surface area contributed by atoms with E-state index in [2.05, 4.69) is 12.2 Å². The lowest BCUT2D eigenvalue weighted by atomic mass is 9.71. The maximum absolute atomic E-state index is 13.6. The van der Waals surface area contributed by atoms with Crippen LogP contribution in [-0.2, 0) is 14.2 Å². The average molecular weight is 503 g/mol. The SMILES string of the molecule is O=C(OC1C(OC(=O)c2cccc3ccccc23)C2OC1C1C3C=CC(C3)C21)c1cccc2ccccc12. The molecule has 5 nitrogen and oxygen atoms in total. The molecule has 0 aromatic heterocycles. The second kappa shape index (κ2) is 8.27. The quantitative estimate of drug-likeness (QED) is 0.254. The maximum Gasteiger partial charge on any atom is 0.339 e. The molecule has 2 saturated heterocycles. The normalized spacial score (nSPS) is 32.1. The number of rotatable bonds is 4. The number of fused-ring (bicyclic) bond motifs is 11. The van der Waals surface area contributed by atoms with Gasteiger partial charge in [-0.25, -0.2) is 9.59 Å². The van der Waals surface area contributed by atoms with Gasteiger partial charge in [-0.2, -0.15) is 0 Å². The number of allylic oxidation sites excluding steroid dienone is 2. The minimum atomic E-state index is -0.653. The van der Waals surface area contributed by atoms with Crippen molar-refractivity contribution in [3.8, 4) is 0 Å². The summed E-state index contributed by atoms with van der Waals surface area (Å²) < 4.78 is 19.0. The van der Waals surface area contributed by atoms with Gasteiger partial charge in [0.1, 0.15) is 12.2 Å². The molecule has 0 N–H and O–H groups in total. The highest BCUT2D eigenvalue weighted by atomic mass is 16.6. The predicted octanol–water partition coefficient (Wildman–Crippen LogP) is 5.96. The highest BCUT2D eigenvalue weighted by Gasteiger charge is 2.68. The van der Waals surface area contributed by atoms with E-state index in [4.69, 9.17) is 14.2 Å². The van der Waals surface area contributed by atoms with E-state index < -0.39 is 24.1 Å². The molecule has 1 saturated carbocycles. The fourth-order valence-corrected chi connectivity index (χ4v) is 7.60. The summed E-state index contributed by atoms with van der Waals surface area (Å²) >= 11 is 0. The summed E-state index contributed by atoms with van der Waals surface area (Å²) in [7, 11) is 0. The Morgan fingerprint density at radius 2 is 1.05 bits per heavy atom. The number of esters is 2. The van der Waals surface area contributed by atoms with Crippen molar-refractivity contribution in [2.24, 2.45) is 23.7 Å². The standard InChI is InChI=1S/C33H26O5/c34-32(24-13-5-9-18-7-1-3-11-22(18)24)37-30-28-26-20-15-16-21(17-20)27(26)29(36-28)31(30)38-33(35)25-14-6-10-19-8-2-4-12-23(19)25/h1-16,20-21,26-31H,17H2. The molecule has 4 aromatic rings. The highest BCUT2D eigenvalue weighted by Crippen LogP contribution is 2.61. The van der Waals surface area contributed by atoms with Gasteiger partial charge in [0.15, 0.2) is 12.2 Å². The van der Waals surface area contributed by atoms with Crippen LogP contribution in [0.3, 0.4) is 0 Å². The third-order valence-electron chi connectivity index (χ3n) is 9.13. The van der Waals surface area contributed by atoms with E-state index in [1.165, 1.54) is 0 Å². The zero-order valence-electron chi connectivity index (χ0n) is 20.6. The molecule has 2 aliphatic heterocycles. The lowest BCUT2D eigenvalue weighted by Crippen LogP contribution is -2.51. The molecule has 0 amide bonds. The zero-order chi connectivity index (χ0) is 25.4. The average Bonchev–Trinajstić information content (AvgIpc) is 3.73. The van der Waals surface area contributed by atoms with Crippen molar-refractivity contribution in [3.63, 3.8) is 0 Å². The van der Waals surface area contributed by atoms with Crippen LogP contribution in [0.1, 0.15) is 27.1 Å². The van der Waals surface area contributed by atoms with Gasteiger partial charge in [-0.15, -0.1) is 0 Å². The van der Waals surface area contributed by atoms with Crippen LogP contribution in [0.4, 0.5) is 0 Å². The molecule has 8 rings (SSSR count). The van der Waals surface area contributed by atoms with E-state index >= 15 is 0 Å². The first-order chi connectivity index (χ1) is 18.7. The van der Waals surface area contributed by atoms with Gasteiger partial charge < -0.3 is 14.2 Å². The Hall–Kier alpha value is -3.96. The molecule has 4 aliphatic rings.